The van der Waals surface area contributed by atoms with Gasteiger partial charge in [-0.25, -0.2) is 4.98 Å². The molecule has 0 aliphatic carbocycles. The maximum atomic E-state index is 12.1. The fourth-order valence-electron chi connectivity index (χ4n) is 2.83. The molecule has 1 saturated heterocycles. The van der Waals surface area contributed by atoms with Crippen molar-refractivity contribution >= 4 is 11.6 Å². The van der Waals surface area contributed by atoms with Crippen LogP contribution in [0.5, 0.6) is 5.75 Å². The minimum atomic E-state index is 0.101. The van der Waals surface area contributed by atoms with Crippen LogP contribution in [-0.2, 0) is 6.61 Å². The van der Waals surface area contributed by atoms with Gasteiger partial charge in [0.05, 0.1) is 5.69 Å². The largest absolute Gasteiger partial charge is 0.487 e. The van der Waals surface area contributed by atoms with E-state index < -0.39 is 0 Å². The van der Waals surface area contributed by atoms with E-state index in [1.54, 1.807) is 0 Å². The van der Waals surface area contributed by atoms with E-state index in [1.807, 2.05) is 65.0 Å². The highest BCUT2D eigenvalue weighted by atomic mass is 16.5. The number of imidazole rings is 1. The zero-order valence-electron chi connectivity index (χ0n) is 13.6. The van der Waals surface area contributed by atoms with Crippen LogP contribution in [0, 0.1) is 6.92 Å². The molecule has 3 heterocycles. The number of pyridine rings is 1. The Morgan fingerprint density at radius 3 is 2.67 bits per heavy atom. The summed E-state index contributed by atoms with van der Waals surface area (Å²) in [7, 11) is 0. The van der Waals surface area contributed by atoms with E-state index in [0.29, 0.717) is 12.2 Å². The lowest BCUT2D eigenvalue weighted by Crippen LogP contribution is -2.41. The van der Waals surface area contributed by atoms with E-state index in [2.05, 4.69) is 4.98 Å². The van der Waals surface area contributed by atoms with Crippen molar-refractivity contribution in [1.82, 2.24) is 14.3 Å². The number of nitrogens with zero attached hydrogens (tertiary/aromatic N) is 3. The summed E-state index contributed by atoms with van der Waals surface area (Å²) in [6.07, 6.45) is 5.06. The fraction of sp³-hybridized carbons (Fsp3) is 0.263. The van der Waals surface area contributed by atoms with Crippen LogP contribution in [0.4, 0.5) is 0 Å². The molecular weight excluding hydrogens is 302 g/mol. The van der Waals surface area contributed by atoms with Crippen LogP contribution in [0.25, 0.3) is 5.65 Å². The Kier molecular flexibility index (Phi) is 3.69. The highest BCUT2D eigenvalue weighted by molar-refractivity contribution is 5.94. The van der Waals surface area contributed by atoms with Gasteiger partial charge in [0.15, 0.2) is 0 Å². The van der Waals surface area contributed by atoms with Crippen LogP contribution in [0.15, 0.2) is 48.8 Å². The predicted molar refractivity (Wildman–Crippen MR) is 91.2 cm³/mol. The summed E-state index contributed by atoms with van der Waals surface area (Å²) in [5.74, 6) is 0.840. The number of benzene rings is 1. The highest BCUT2D eigenvalue weighted by Crippen LogP contribution is 2.18. The first kappa shape index (κ1) is 14.8. The van der Waals surface area contributed by atoms with Crippen LogP contribution >= 0.6 is 0 Å². The van der Waals surface area contributed by atoms with Gasteiger partial charge in [-0.3, -0.25) is 4.79 Å². The molecule has 0 N–H and O–H groups in total. The lowest BCUT2D eigenvalue weighted by Gasteiger charge is -2.30. The van der Waals surface area contributed by atoms with Gasteiger partial charge in [0, 0.05) is 31.0 Å². The lowest BCUT2D eigenvalue weighted by atomic mass is 10.1. The Bertz CT molecular complexity index is 879. The lowest BCUT2D eigenvalue weighted by molar-refractivity contribution is 0.0652. The second kappa shape index (κ2) is 6.00. The molecule has 5 heteroatoms. The molecule has 0 radical (unpaired) electrons. The van der Waals surface area contributed by atoms with Gasteiger partial charge < -0.3 is 14.0 Å². The average molecular weight is 321 g/mol. The van der Waals surface area contributed by atoms with Gasteiger partial charge in [0.2, 0.25) is 0 Å². The topological polar surface area (TPSA) is 46.8 Å². The minimum Gasteiger partial charge on any atom is -0.487 e. The smallest absolute Gasteiger partial charge is 0.253 e. The molecule has 0 atom stereocenters. The molecule has 4 rings (SSSR count). The van der Waals surface area contributed by atoms with Crippen molar-refractivity contribution in [3.63, 3.8) is 0 Å². The number of aromatic nitrogens is 2. The Morgan fingerprint density at radius 1 is 1.21 bits per heavy atom. The molecule has 2 aromatic heterocycles. The summed E-state index contributed by atoms with van der Waals surface area (Å²) in [5.41, 5.74) is 3.68. The van der Waals surface area contributed by atoms with E-state index in [-0.39, 0.29) is 5.91 Å². The molecular formula is C19H19N3O2. The molecule has 0 spiro atoms. The number of likely N-dealkylation sites (tertiary alicyclic amines) is 1. The first-order valence-electron chi connectivity index (χ1n) is 8.16. The molecule has 1 aliphatic heterocycles. The Morgan fingerprint density at radius 2 is 2.00 bits per heavy atom. The molecule has 5 nitrogen and oxygen atoms in total. The maximum Gasteiger partial charge on any atom is 0.253 e. The zero-order valence-corrected chi connectivity index (χ0v) is 13.6. The number of rotatable bonds is 4. The van der Waals surface area contributed by atoms with Crippen LogP contribution in [-0.4, -0.2) is 33.3 Å². The van der Waals surface area contributed by atoms with Gasteiger partial charge in [-0.05, 0) is 49.2 Å². The third-order valence-electron chi connectivity index (χ3n) is 4.36. The molecule has 1 amide bonds. The Labute approximate surface area is 140 Å². The standard InChI is InChI=1S/C19H19N3O2/c1-14-4-2-9-22-12-16(20-18(14)22)13-24-17-7-5-15(6-8-17)19(23)21-10-3-11-21/h2,4-9,12H,3,10-11,13H2,1H3. The normalized spacial score (nSPS) is 13.8. The summed E-state index contributed by atoms with van der Waals surface area (Å²) in [5, 5.41) is 0. The van der Waals surface area contributed by atoms with Crippen molar-refractivity contribution < 1.29 is 9.53 Å². The van der Waals surface area contributed by atoms with Crippen molar-refractivity contribution in [2.45, 2.75) is 20.0 Å². The minimum absolute atomic E-state index is 0.101. The first-order valence-corrected chi connectivity index (χ1v) is 8.16. The summed E-state index contributed by atoms with van der Waals surface area (Å²) in [4.78, 5) is 18.6. The highest BCUT2D eigenvalue weighted by Gasteiger charge is 2.21. The average Bonchev–Trinajstić information content (AvgIpc) is 2.96. The van der Waals surface area contributed by atoms with Crippen LogP contribution in [0.3, 0.4) is 0 Å². The molecule has 0 unspecified atom stereocenters. The van der Waals surface area contributed by atoms with E-state index >= 15 is 0 Å². The van der Waals surface area contributed by atoms with E-state index in [9.17, 15) is 4.79 Å². The number of carbonyl (C=O) groups excluding carboxylic acids is 1. The quantitative estimate of drug-likeness (QED) is 0.742. The van der Waals surface area contributed by atoms with Crippen molar-refractivity contribution in [1.29, 1.82) is 0 Å². The predicted octanol–water partition coefficient (Wildman–Crippen LogP) is 3.07. The summed E-state index contributed by atoms with van der Waals surface area (Å²) >= 11 is 0. The second-order valence-corrected chi connectivity index (χ2v) is 6.11. The molecule has 1 fully saturated rings. The third-order valence-corrected chi connectivity index (χ3v) is 4.36. The van der Waals surface area contributed by atoms with Gasteiger partial charge in [-0.1, -0.05) is 6.07 Å². The molecule has 1 aromatic carbocycles. The van der Waals surface area contributed by atoms with Crippen molar-refractivity contribution in [2.24, 2.45) is 0 Å². The van der Waals surface area contributed by atoms with E-state index in [4.69, 9.17) is 4.74 Å². The molecule has 0 saturated carbocycles. The van der Waals surface area contributed by atoms with Gasteiger partial charge in [0.25, 0.3) is 5.91 Å². The van der Waals surface area contributed by atoms with Crippen molar-refractivity contribution in [2.75, 3.05) is 13.1 Å². The number of carbonyl (C=O) groups is 1. The van der Waals surface area contributed by atoms with Gasteiger partial charge in [-0.2, -0.15) is 0 Å². The molecule has 1 aliphatic rings. The zero-order chi connectivity index (χ0) is 16.5. The molecule has 3 aromatic rings. The number of ether oxygens (including phenoxy) is 1. The van der Waals surface area contributed by atoms with E-state index in [0.717, 1.165) is 42.2 Å². The molecule has 0 bridgehead atoms. The van der Waals surface area contributed by atoms with Gasteiger partial charge >= 0.3 is 0 Å². The van der Waals surface area contributed by atoms with Crippen LogP contribution in [0.1, 0.15) is 28.0 Å². The molecule has 24 heavy (non-hydrogen) atoms. The van der Waals surface area contributed by atoms with Gasteiger partial charge in [-0.15, -0.1) is 0 Å². The first-order chi connectivity index (χ1) is 11.7. The summed E-state index contributed by atoms with van der Waals surface area (Å²) in [6, 6.07) is 11.4. The van der Waals surface area contributed by atoms with Crippen molar-refractivity contribution in [3.8, 4) is 5.75 Å². The van der Waals surface area contributed by atoms with E-state index in [1.165, 1.54) is 0 Å². The number of hydrogen-bond donors (Lipinski definition) is 0. The fourth-order valence-corrected chi connectivity index (χ4v) is 2.83. The second-order valence-electron chi connectivity index (χ2n) is 6.11. The maximum absolute atomic E-state index is 12.1. The Balaban J connectivity index is 1.43. The monoisotopic (exact) mass is 321 g/mol. The number of fused-ring (bicyclic) bond motifs is 1. The summed E-state index contributed by atoms with van der Waals surface area (Å²) < 4.78 is 7.80. The van der Waals surface area contributed by atoms with Crippen LogP contribution in [0.2, 0.25) is 0 Å². The number of hydrogen-bond acceptors (Lipinski definition) is 3. The molecule has 122 valence electrons. The van der Waals surface area contributed by atoms with Gasteiger partial charge in [0.1, 0.15) is 18.0 Å². The Hall–Kier alpha value is -2.82. The third kappa shape index (κ3) is 2.73. The number of aryl methyl sites for hydroxylation is 1. The number of amides is 1. The van der Waals surface area contributed by atoms with Crippen molar-refractivity contribution in [3.05, 3.63) is 65.6 Å². The SMILES string of the molecule is Cc1cccn2cc(COc3ccc(C(=O)N4CCC4)cc3)nc12. The summed E-state index contributed by atoms with van der Waals surface area (Å²) in [6.45, 7) is 4.18. The van der Waals surface area contributed by atoms with Crippen LogP contribution < -0.4 is 4.74 Å².